The molecule has 1 amide bonds. The standard InChI is InChI=1S/C18H28N2O2/c1-4-20-17(22)18(8-5-9-18)12-19-11-16(21)15-7-6-13(2)10-14(15)3/h6-7,10,16,19,21H,4-5,8-9,11-12H2,1-3H3,(H,20,22). The average Bonchev–Trinajstić information content (AvgIpc) is 2.41. The predicted molar refractivity (Wildman–Crippen MR) is 88.7 cm³/mol. The molecule has 4 heteroatoms. The van der Waals surface area contributed by atoms with Crippen LogP contribution in [0.3, 0.4) is 0 Å². The summed E-state index contributed by atoms with van der Waals surface area (Å²) in [4.78, 5) is 12.2. The van der Waals surface area contributed by atoms with Gasteiger partial charge >= 0.3 is 0 Å². The number of carbonyl (C=O) groups excluding carboxylic acids is 1. The van der Waals surface area contributed by atoms with Gasteiger partial charge in [0.2, 0.25) is 5.91 Å². The zero-order valence-electron chi connectivity index (χ0n) is 13.9. The number of aryl methyl sites for hydroxylation is 2. The highest BCUT2D eigenvalue weighted by Gasteiger charge is 2.43. The number of rotatable bonds is 7. The quantitative estimate of drug-likeness (QED) is 0.724. The summed E-state index contributed by atoms with van der Waals surface area (Å²) in [5.74, 6) is 0.148. The number of amides is 1. The molecule has 22 heavy (non-hydrogen) atoms. The van der Waals surface area contributed by atoms with Gasteiger partial charge < -0.3 is 15.7 Å². The largest absolute Gasteiger partial charge is 0.387 e. The van der Waals surface area contributed by atoms with E-state index in [2.05, 4.69) is 16.7 Å². The van der Waals surface area contributed by atoms with Gasteiger partial charge in [0.15, 0.2) is 0 Å². The van der Waals surface area contributed by atoms with Crippen LogP contribution in [0.5, 0.6) is 0 Å². The first kappa shape index (κ1) is 17.0. The Morgan fingerprint density at radius 1 is 1.36 bits per heavy atom. The van der Waals surface area contributed by atoms with Crippen LogP contribution in [0.25, 0.3) is 0 Å². The Kier molecular flexibility index (Phi) is 5.59. The molecule has 1 aromatic carbocycles. The molecular weight excluding hydrogens is 276 g/mol. The summed E-state index contributed by atoms with van der Waals surface area (Å²) in [7, 11) is 0. The fourth-order valence-corrected chi connectivity index (χ4v) is 3.19. The van der Waals surface area contributed by atoms with Gasteiger partial charge in [0, 0.05) is 19.6 Å². The molecule has 1 unspecified atom stereocenters. The van der Waals surface area contributed by atoms with Gasteiger partial charge in [0.05, 0.1) is 11.5 Å². The van der Waals surface area contributed by atoms with E-state index in [0.717, 1.165) is 30.4 Å². The minimum Gasteiger partial charge on any atom is -0.387 e. The molecule has 1 aliphatic rings. The molecule has 4 nitrogen and oxygen atoms in total. The first-order valence-electron chi connectivity index (χ1n) is 8.23. The first-order valence-corrected chi connectivity index (χ1v) is 8.23. The van der Waals surface area contributed by atoms with Crippen molar-refractivity contribution in [1.82, 2.24) is 10.6 Å². The van der Waals surface area contributed by atoms with Crippen LogP contribution >= 0.6 is 0 Å². The molecule has 3 N–H and O–H groups in total. The molecule has 0 aromatic heterocycles. The number of carbonyl (C=O) groups is 1. The lowest BCUT2D eigenvalue weighted by Crippen LogP contribution is -2.51. The lowest BCUT2D eigenvalue weighted by molar-refractivity contribution is -0.135. The van der Waals surface area contributed by atoms with E-state index in [0.29, 0.717) is 19.6 Å². The monoisotopic (exact) mass is 304 g/mol. The normalized spacial score (nSPS) is 17.6. The van der Waals surface area contributed by atoms with Crippen molar-refractivity contribution in [1.29, 1.82) is 0 Å². The summed E-state index contributed by atoms with van der Waals surface area (Å²) in [6.07, 6.45) is 2.45. The Bertz CT molecular complexity index is 524. The molecule has 0 radical (unpaired) electrons. The molecule has 1 fully saturated rings. The molecule has 1 atom stereocenters. The van der Waals surface area contributed by atoms with Crippen molar-refractivity contribution in [2.75, 3.05) is 19.6 Å². The lowest BCUT2D eigenvalue weighted by atomic mass is 9.68. The number of aliphatic hydroxyl groups excluding tert-OH is 1. The van der Waals surface area contributed by atoms with Crippen molar-refractivity contribution in [2.45, 2.75) is 46.1 Å². The van der Waals surface area contributed by atoms with Crippen LogP contribution in [-0.2, 0) is 4.79 Å². The Labute approximate surface area is 133 Å². The second-order valence-electron chi connectivity index (χ2n) is 6.50. The van der Waals surface area contributed by atoms with Crippen molar-refractivity contribution in [2.24, 2.45) is 5.41 Å². The number of benzene rings is 1. The van der Waals surface area contributed by atoms with E-state index in [4.69, 9.17) is 0 Å². The minimum absolute atomic E-state index is 0.148. The molecular formula is C18H28N2O2. The van der Waals surface area contributed by atoms with E-state index in [1.165, 1.54) is 5.56 Å². The molecule has 0 saturated heterocycles. The molecule has 0 bridgehead atoms. The van der Waals surface area contributed by atoms with Gasteiger partial charge in [-0.15, -0.1) is 0 Å². The highest BCUT2D eigenvalue weighted by molar-refractivity contribution is 5.83. The van der Waals surface area contributed by atoms with Crippen LogP contribution in [0.1, 0.15) is 49.0 Å². The Morgan fingerprint density at radius 2 is 2.09 bits per heavy atom. The summed E-state index contributed by atoms with van der Waals surface area (Å²) in [5, 5.41) is 16.6. The second-order valence-corrected chi connectivity index (χ2v) is 6.50. The number of nitrogens with one attached hydrogen (secondary N) is 2. The molecule has 1 aliphatic carbocycles. The molecule has 0 aliphatic heterocycles. The summed E-state index contributed by atoms with van der Waals surface area (Å²) >= 11 is 0. The molecule has 2 rings (SSSR count). The third-order valence-corrected chi connectivity index (χ3v) is 4.72. The smallest absolute Gasteiger partial charge is 0.227 e. The van der Waals surface area contributed by atoms with Crippen molar-refractivity contribution in [3.8, 4) is 0 Å². The molecule has 122 valence electrons. The highest BCUT2D eigenvalue weighted by Crippen LogP contribution is 2.40. The second kappa shape index (κ2) is 7.25. The van der Waals surface area contributed by atoms with Crippen molar-refractivity contribution < 1.29 is 9.90 Å². The van der Waals surface area contributed by atoms with Crippen LogP contribution in [0.15, 0.2) is 18.2 Å². The fraction of sp³-hybridized carbons (Fsp3) is 0.611. The van der Waals surface area contributed by atoms with Gasteiger partial charge in [-0.3, -0.25) is 4.79 Å². The van der Waals surface area contributed by atoms with Crippen molar-refractivity contribution in [3.63, 3.8) is 0 Å². The van der Waals surface area contributed by atoms with Gasteiger partial charge in [0.1, 0.15) is 0 Å². The van der Waals surface area contributed by atoms with Gasteiger partial charge in [-0.1, -0.05) is 30.2 Å². The molecule has 1 saturated carbocycles. The van der Waals surface area contributed by atoms with E-state index < -0.39 is 6.10 Å². The van der Waals surface area contributed by atoms with Gasteiger partial charge in [-0.2, -0.15) is 0 Å². The van der Waals surface area contributed by atoms with Gasteiger partial charge in [-0.25, -0.2) is 0 Å². The lowest BCUT2D eigenvalue weighted by Gasteiger charge is -2.40. The maximum atomic E-state index is 12.2. The third-order valence-electron chi connectivity index (χ3n) is 4.72. The van der Waals surface area contributed by atoms with Crippen LogP contribution in [0, 0.1) is 19.3 Å². The maximum Gasteiger partial charge on any atom is 0.227 e. The topological polar surface area (TPSA) is 61.4 Å². The van der Waals surface area contributed by atoms with E-state index in [1.54, 1.807) is 0 Å². The number of hydrogen-bond donors (Lipinski definition) is 3. The predicted octanol–water partition coefficient (Wildman–Crippen LogP) is 2.23. The summed E-state index contributed by atoms with van der Waals surface area (Å²) < 4.78 is 0. The zero-order chi connectivity index (χ0) is 16.2. The van der Waals surface area contributed by atoms with E-state index >= 15 is 0 Å². The third kappa shape index (κ3) is 3.68. The van der Waals surface area contributed by atoms with Crippen LogP contribution in [-0.4, -0.2) is 30.6 Å². The summed E-state index contributed by atoms with van der Waals surface area (Å²) in [6, 6.07) is 6.09. The van der Waals surface area contributed by atoms with Gasteiger partial charge in [-0.05, 0) is 44.7 Å². The van der Waals surface area contributed by atoms with Crippen molar-refractivity contribution >= 4 is 5.91 Å². The molecule has 1 aromatic rings. The number of hydrogen-bond acceptors (Lipinski definition) is 3. The van der Waals surface area contributed by atoms with E-state index in [-0.39, 0.29) is 11.3 Å². The fourth-order valence-electron chi connectivity index (χ4n) is 3.19. The van der Waals surface area contributed by atoms with Gasteiger partial charge in [0.25, 0.3) is 0 Å². The highest BCUT2D eigenvalue weighted by atomic mass is 16.3. The Morgan fingerprint density at radius 3 is 2.64 bits per heavy atom. The Balaban J connectivity index is 1.88. The van der Waals surface area contributed by atoms with Crippen molar-refractivity contribution in [3.05, 3.63) is 34.9 Å². The van der Waals surface area contributed by atoms with E-state index in [9.17, 15) is 9.90 Å². The van der Waals surface area contributed by atoms with Crippen LogP contribution in [0.4, 0.5) is 0 Å². The first-order chi connectivity index (χ1) is 10.5. The van der Waals surface area contributed by atoms with E-state index in [1.807, 2.05) is 32.9 Å². The maximum absolute atomic E-state index is 12.2. The zero-order valence-corrected chi connectivity index (χ0v) is 13.9. The van der Waals surface area contributed by atoms with Crippen LogP contribution < -0.4 is 10.6 Å². The SMILES string of the molecule is CCNC(=O)C1(CNCC(O)c2ccc(C)cc2C)CCC1. The molecule has 0 heterocycles. The minimum atomic E-state index is -0.535. The Hall–Kier alpha value is -1.39. The van der Waals surface area contributed by atoms with Crippen LogP contribution in [0.2, 0.25) is 0 Å². The summed E-state index contributed by atoms with van der Waals surface area (Å²) in [6.45, 7) is 7.81. The summed E-state index contributed by atoms with van der Waals surface area (Å²) in [5.41, 5.74) is 3.00. The number of aliphatic hydroxyl groups is 1. The molecule has 0 spiro atoms. The average molecular weight is 304 g/mol.